The molecule has 0 saturated carbocycles. The van der Waals surface area contributed by atoms with Crippen molar-refractivity contribution in [1.29, 1.82) is 0 Å². The van der Waals surface area contributed by atoms with Crippen molar-refractivity contribution in [3.05, 3.63) is 48.7 Å². The fourth-order valence-electron chi connectivity index (χ4n) is 3.66. The van der Waals surface area contributed by atoms with E-state index in [-0.39, 0.29) is 6.10 Å². The molecule has 0 aliphatic carbocycles. The van der Waals surface area contributed by atoms with Crippen LogP contribution in [0.25, 0.3) is 10.8 Å². The van der Waals surface area contributed by atoms with Crippen molar-refractivity contribution in [3.63, 3.8) is 0 Å². The van der Waals surface area contributed by atoms with Crippen molar-refractivity contribution in [2.45, 2.75) is 18.9 Å². The van der Waals surface area contributed by atoms with E-state index in [2.05, 4.69) is 38.1 Å². The summed E-state index contributed by atoms with van der Waals surface area (Å²) >= 11 is 0. The van der Waals surface area contributed by atoms with Crippen LogP contribution in [-0.4, -0.2) is 34.8 Å². The summed E-state index contributed by atoms with van der Waals surface area (Å²) in [5.74, 6) is 2.06. The van der Waals surface area contributed by atoms with E-state index >= 15 is 0 Å². The van der Waals surface area contributed by atoms with Crippen LogP contribution in [0.3, 0.4) is 0 Å². The van der Waals surface area contributed by atoms with E-state index in [0.29, 0.717) is 11.8 Å². The highest BCUT2D eigenvalue weighted by molar-refractivity contribution is 5.89. The largest absolute Gasteiger partial charge is 0.481 e. The highest BCUT2D eigenvalue weighted by Gasteiger charge is 2.30. The first-order valence-corrected chi connectivity index (χ1v) is 9.01. The molecule has 1 aliphatic rings. The van der Waals surface area contributed by atoms with E-state index in [4.69, 9.17) is 9.47 Å². The molecule has 0 amide bonds. The van der Waals surface area contributed by atoms with Gasteiger partial charge in [0.25, 0.3) is 0 Å². The number of pyridine rings is 1. The maximum Gasteiger partial charge on any atom is 0.221 e. The summed E-state index contributed by atoms with van der Waals surface area (Å²) < 4.78 is 13.4. The number of imidazole rings is 1. The smallest absolute Gasteiger partial charge is 0.221 e. The Morgan fingerprint density at radius 3 is 3.00 bits per heavy atom. The Balaban J connectivity index is 1.50. The van der Waals surface area contributed by atoms with Crippen LogP contribution >= 0.6 is 0 Å². The first kappa shape index (κ1) is 16.8. The van der Waals surface area contributed by atoms with E-state index in [0.717, 1.165) is 48.3 Å². The van der Waals surface area contributed by atoms with Gasteiger partial charge in [0, 0.05) is 55.8 Å². The Kier molecular flexibility index (Phi) is 4.75. The Morgan fingerprint density at radius 2 is 2.19 bits per heavy atom. The van der Waals surface area contributed by atoms with Gasteiger partial charge in [-0.3, -0.25) is 0 Å². The second-order valence-corrected chi connectivity index (χ2v) is 6.73. The van der Waals surface area contributed by atoms with Gasteiger partial charge in [0.2, 0.25) is 5.88 Å². The predicted octanol–water partition coefficient (Wildman–Crippen LogP) is 3.56. The fraction of sp³-hybridized carbons (Fsp3) is 0.400. The number of benzene rings is 1. The number of nitrogens with one attached hydrogen (secondary N) is 1. The minimum atomic E-state index is 0.0426. The number of hydrogen-bond donors (Lipinski definition) is 1. The predicted molar refractivity (Wildman–Crippen MR) is 101 cm³/mol. The van der Waals surface area contributed by atoms with Crippen molar-refractivity contribution in [2.75, 3.05) is 25.6 Å². The van der Waals surface area contributed by atoms with Crippen LogP contribution < -0.4 is 10.1 Å². The van der Waals surface area contributed by atoms with Crippen LogP contribution in [0.5, 0.6) is 5.88 Å². The van der Waals surface area contributed by atoms with Gasteiger partial charge in [-0.05, 0) is 42.5 Å². The molecule has 26 heavy (non-hydrogen) atoms. The number of nitrogens with zero attached hydrogens (tertiary/aromatic N) is 3. The van der Waals surface area contributed by atoms with E-state index in [1.807, 2.05) is 25.5 Å². The van der Waals surface area contributed by atoms with Crippen LogP contribution in [0.4, 0.5) is 5.69 Å². The van der Waals surface area contributed by atoms with E-state index in [9.17, 15) is 0 Å². The van der Waals surface area contributed by atoms with Crippen molar-refractivity contribution < 1.29 is 9.47 Å². The molecule has 0 bridgehead atoms. The summed E-state index contributed by atoms with van der Waals surface area (Å²) in [6, 6.07) is 8.27. The molecule has 136 valence electrons. The summed E-state index contributed by atoms with van der Waals surface area (Å²) in [6.07, 6.45) is 7.85. The molecule has 1 aliphatic heterocycles. The zero-order chi connectivity index (χ0) is 17.9. The lowest BCUT2D eigenvalue weighted by molar-refractivity contribution is -0.0304. The van der Waals surface area contributed by atoms with Gasteiger partial charge in [-0.15, -0.1) is 0 Å². The number of fused-ring (bicyclic) bond motifs is 1. The summed E-state index contributed by atoms with van der Waals surface area (Å²) in [5, 5.41) is 5.71. The highest BCUT2D eigenvalue weighted by Crippen LogP contribution is 2.33. The van der Waals surface area contributed by atoms with Gasteiger partial charge in [-0.1, -0.05) is 0 Å². The third kappa shape index (κ3) is 3.24. The summed E-state index contributed by atoms with van der Waals surface area (Å²) in [7, 11) is 3.67. The molecule has 0 unspecified atom stereocenters. The van der Waals surface area contributed by atoms with Gasteiger partial charge in [0.15, 0.2) is 0 Å². The number of methoxy groups -OCH3 is 1. The lowest BCUT2D eigenvalue weighted by atomic mass is 9.93. The van der Waals surface area contributed by atoms with Crippen molar-refractivity contribution >= 4 is 16.5 Å². The molecule has 4 rings (SSSR count). The third-order valence-electron chi connectivity index (χ3n) is 5.05. The monoisotopic (exact) mass is 352 g/mol. The van der Waals surface area contributed by atoms with Crippen molar-refractivity contribution in [1.82, 2.24) is 14.5 Å². The van der Waals surface area contributed by atoms with Crippen LogP contribution in [0.15, 0.2) is 42.9 Å². The zero-order valence-corrected chi connectivity index (χ0v) is 15.2. The van der Waals surface area contributed by atoms with Crippen LogP contribution in [0.1, 0.15) is 24.8 Å². The first-order chi connectivity index (χ1) is 12.8. The molecular weight excluding hydrogens is 328 g/mol. The normalized spacial score (nSPS) is 20.2. The number of anilines is 1. The minimum absolute atomic E-state index is 0.0426. The Labute approximate surface area is 153 Å². The number of hydrogen-bond acceptors (Lipinski definition) is 5. The lowest BCUT2D eigenvalue weighted by Crippen LogP contribution is -2.30. The second-order valence-electron chi connectivity index (χ2n) is 6.73. The Morgan fingerprint density at radius 1 is 1.27 bits per heavy atom. The average Bonchev–Trinajstić information content (AvgIpc) is 3.11. The topological polar surface area (TPSA) is 61.2 Å². The number of ether oxygens (including phenoxy) is 2. The van der Waals surface area contributed by atoms with Gasteiger partial charge in [0.05, 0.1) is 7.11 Å². The van der Waals surface area contributed by atoms with Gasteiger partial charge in [-0.2, -0.15) is 0 Å². The van der Waals surface area contributed by atoms with Gasteiger partial charge in [0.1, 0.15) is 11.9 Å². The van der Waals surface area contributed by atoms with Crippen LogP contribution in [-0.2, 0) is 11.8 Å². The van der Waals surface area contributed by atoms with Gasteiger partial charge < -0.3 is 19.4 Å². The molecular formula is C20H24N4O2. The maximum atomic E-state index is 6.06. The molecule has 6 nitrogen and oxygen atoms in total. The maximum absolute atomic E-state index is 6.06. The Hall–Kier alpha value is -2.60. The standard InChI is InChI=1S/C20H24N4O2/c1-24-10-9-21-19(24)18-15(4-3-11-26-18)13-23-16-5-6-17-14(12-16)7-8-22-20(17)25-2/h5-10,12,15,18,23H,3-4,11,13H2,1-2H3/t15-,18+/m0/s1. The minimum Gasteiger partial charge on any atom is -0.481 e. The third-order valence-corrected chi connectivity index (χ3v) is 5.05. The van der Waals surface area contributed by atoms with E-state index < -0.39 is 0 Å². The molecule has 1 N–H and O–H groups in total. The van der Waals surface area contributed by atoms with Crippen LogP contribution in [0.2, 0.25) is 0 Å². The van der Waals surface area contributed by atoms with Crippen LogP contribution in [0, 0.1) is 5.92 Å². The van der Waals surface area contributed by atoms with Gasteiger partial charge in [-0.25, -0.2) is 9.97 Å². The molecule has 2 aromatic heterocycles. The molecule has 1 saturated heterocycles. The summed E-state index contributed by atoms with van der Waals surface area (Å²) in [5.41, 5.74) is 1.09. The molecule has 1 fully saturated rings. The molecule has 1 aromatic carbocycles. The van der Waals surface area contributed by atoms with E-state index in [1.54, 1.807) is 13.3 Å². The molecule has 2 atom stereocenters. The average molecular weight is 352 g/mol. The Bertz CT molecular complexity index is 892. The second kappa shape index (κ2) is 7.33. The summed E-state index contributed by atoms with van der Waals surface area (Å²) in [4.78, 5) is 8.75. The molecule has 6 heteroatoms. The SMILES string of the molecule is COc1nccc2cc(NC[C@@H]3CCCO[C@H]3c3nccn3C)ccc12. The number of aryl methyl sites for hydroxylation is 1. The van der Waals surface area contributed by atoms with Crippen molar-refractivity contribution in [2.24, 2.45) is 13.0 Å². The number of rotatable bonds is 5. The first-order valence-electron chi connectivity index (χ1n) is 9.01. The molecule has 3 heterocycles. The quantitative estimate of drug-likeness (QED) is 0.761. The lowest BCUT2D eigenvalue weighted by Gasteiger charge is -2.31. The fourth-order valence-corrected chi connectivity index (χ4v) is 3.66. The highest BCUT2D eigenvalue weighted by atomic mass is 16.5. The number of aromatic nitrogens is 3. The molecule has 3 aromatic rings. The van der Waals surface area contributed by atoms with Crippen molar-refractivity contribution in [3.8, 4) is 5.88 Å². The van der Waals surface area contributed by atoms with Gasteiger partial charge >= 0.3 is 0 Å². The molecule has 0 spiro atoms. The molecule has 0 radical (unpaired) electrons. The zero-order valence-electron chi connectivity index (χ0n) is 15.2. The van der Waals surface area contributed by atoms with E-state index in [1.165, 1.54) is 0 Å². The summed E-state index contributed by atoms with van der Waals surface area (Å²) in [6.45, 7) is 1.65.